The smallest absolute Gasteiger partial charge is 0.407 e. The van der Waals surface area contributed by atoms with Crippen LogP contribution in [0.25, 0.3) is 0 Å². The third-order valence-corrected chi connectivity index (χ3v) is 4.50. The summed E-state index contributed by atoms with van der Waals surface area (Å²) in [7, 11) is 0. The quantitative estimate of drug-likeness (QED) is 0.713. The molecule has 1 amide bonds. The molecule has 1 aliphatic heterocycles. The Morgan fingerprint density at radius 3 is 2.84 bits per heavy atom. The van der Waals surface area contributed by atoms with Gasteiger partial charge in [0, 0.05) is 30.1 Å². The van der Waals surface area contributed by atoms with Gasteiger partial charge in [0.2, 0.25) is 0 Å². The molecule has 0 aliphatic carbocycles. The number of halogens is 1. The molecule has 0 bridgehead atoms. The molecule has 0 spiro atoms. The van der Waals surface area contributed by atoms with Crippen LogP contribution < -0.4 is 10.1 Å². The highest BCUT2D eigenvalue weighted by atomic mass is 79.9. The van der Waals surface area contributed by atoms with Gasteiger partial charge in [-0.05, 0) is 64.3 Å². The molecule has 0 aromatic heterocycles. The minimum absolute atomic E-state index is 0.171. The number of hydrogen-bond donors (Lipinski definition) is 1. The maximum atomic E-state index is 11.8. The average molecular weight is 413 g/mol. The van der Waals surface area contributed by atoms with Gasteiger partial charge in [0.15, 0.2) is 0 Å². The standard InChI is InChI=1S/C19H29BrN2O3/c1-14-12-15(20)6-7-17(14)24-11-5-9-22-10-8-16(13-22)21-18(23)25-19(2,3)4/h6-7,12,16H,5,8-11,13H2,1-4H3,(H,21,23). The highest BCUT2D eigenvalue weighted by Crippen LogP contribution is 2.22. The molecule has 1 N–H and O–H groups in total. The Morgan fingerprint density at radius 1 is 1.40 bits per heavy atom. The number of carbonyl (C=O) groups excluding carboxylic acids is 1. The fourth-order valence-corrected chi connectivity index (χ4v) is 3.35. The normalized spacial score (nSPS) is 18.2. The number of ether oxygens (including phenoxy) is 2. The molecule has 2 rings (SSSR count). The monoisotopic (exact) mass is 412 g/mol. The van der Waals surface area contributed by atoms with Gasteiger partial charge in [-0.3, -0.25) is 0 Å². The van der Waals surface area contributed by atoms with Crippen molar-refractivity contribution in [3.63, 3.8) is 0 Å². The number of amides is 1. The summed E-state index contributed by atoms with van der Waals surface area (Å²) < 4.78 is 12.2. The van der Waals surface area contributed by atoms with Crippen molar-refractivity contribution in [2.75, 3.05) is 26.2 Å². The van der Waals surface area contributed by atoms with E-state index in [-0.39, 0.29) is 12.1 Å². The van der Waals surface area contributed by atoms with Crippen LogP contribution in [0.15, 0.2) is 22.7 Å². The second-order valence-electron chi connectivity index (χ2n) is 7.54. The van der Waals surface area contributed by atoms with Crippen LogP contribution in [0, 0.1) is 6.92 Å². The highest BCUT2D eigenvalue weighted by molar-refractivity contribution is 9.10. The molecule has 25 heavy (non-hydrogen) atoms. The fourth-order valence-electron chi connectivity index (χ4n) is 2.87. The number of aryl methyl sites for hydroxylation is 1. The van der Waals surface area contributed by atoms with Crippen LogP contribution in [0.2, 0.25) is 0 Å². The van der Waals surface area contributed by atoms with E-state index in [1.807, 2.05) is 39.8 Å². The molecule has 0 radical (unpaired) electrons. The van der Waals surface area contributed by atoms with Crippen molar-refractivity contribution in [3.05, 3.63) is 28.2 Å². The van der Waals surface area contributed by atoms with Gasteiger partial charge in [-0.1, -0.05) is 15.9 Å². The first-order valence-electron chi connectivity index (χ1n) is 8.84. The molecule has 1 atom stereocenters. The lowest BCUT2D eigenvalue weighted by atomic mass is 10.2. The minimum atomic E-state index is -0.454. The van der Waals surface area contributed by atoms with Crippen LogP contribution >= 0.6 is 15.9 Å². The zero-order valence-corrected chi connectivity index (χ0v) is 17.2. The van der Waals surface area contributed by atoms with Gasteiger partial charge >= 0.3 is 6.09 Å². The van der Waals surface area contributed by atoms with E-state index in [0.717, 1.165) is 48.3 Å². The van der Waals surface area contributed by atoms with Crippen molar-refractivity contribution < 1.29 is 14.3 Å². The predicted molar refractivity (Wildman–Crippen MR) is 103 cm³/mol. The summed E-state index contributed by atoms with van der Waals surface area (Å²) in [6.45, 7) is 11.2. The predicted octanol–water partition coefficient (Wildman–Crippen LogP) is 4.13. The summed E-state index contributed by atoms with van der Waals surface area (Å²) in [5.41, 5.74) is 0.683. The van der Waals surface area contributed by atoms with E-state index in [9.17, 15) is 4.79 Å². The van der Waals surface area contributed by atoms with E-state index >= 15 is 0 Å². The number of likely N-dealkylation sites (tertiary alicyclic amines) is 1. The summed E-state index contributed by atoms with van der Waals surface area (Å²) in [6.07, 6.45) is 1.61. The summed E-state index contributed by atoms with van der Waals surface area (Å²) in [5, 5.41) is 2.96. The van der Waals surface area contributed by atoms with Gasteiger partial charge in [-0.15, -0.1) is 0 Å². The zero-order valence-electron chi connectivity index (χ0n) is 15.6. The molecular formula is C19H29BrN2O3. The van der Waals surface area contributed by atoms with Crippen LogP contribution in [0.1, 0.15) is 39.2 Å². The number of benzene rings is 1. The topological polar surface area (TPSA) is 50.8 Å². The van der Waals surface area contributed by atoms with Gasteiger partial charge in [0.1, 0.15) is 11.4 Å². The number of rotatable bonds is 6. The summed E-state index contributed by atoms with van der Waals surface area (Å²) >= 11 is 3.46. The van der Waals surface area contributed by atoms with Gasteiger partial charge < -0.3 is 19.7 Å². The molecule has 1 saturated heterocycles. The minimum Gasteiger partial charge on any atom is -0.493 e. The van der Waals surface area contributed by atoms with Crippen molar-refractivity contribution >= 4 is 22.0 Å². The third kappa shape index (κ3) is 7.24. The largest absolute Gasteiger partial charge is 0.493 e. The van der Waals surface area contributed by atoms with Gasteiger partial charge in [0.25, 0.3) is 0 Å². The van der Waals surface area contributed by atoms with Crippen molar-refractivity contribution in [1.29, 1.82) is 0 Å². The molecule has 5 nitrogen and oxygen atoms in total. The Hall–Kier alpha value is -1.27. The lowest BCUT2D eigenvalue weighted by Crippen LogP contribution is -2.40. The lowest BCUT2D eigenvalue weighted by molar-refractivity contribution is 0.0505. The Kier molecular flexibility index (Phi) is 7.14. The average Bonchev–Trinajstić information content (AvgIpc) is 2.90. The number of nitrogens with zero attached hydrogens (tertiary/aromatic N) is 1. The van der Waals surface area contributed by atoms with Gasteiger partial charge in [0.05, 0.1) is 6.61 Å². The van der Waals surface area contributed by atoms with E-state index in [2.05, 4.69) is 32.2 Å². The summed E-state index contributed by atoms with van der Waals surface area (Å²) in [4.78, 5) is 14.2. The van der Waals surface area contributed by atoms with E-state index in [1.165, 1.54) is 0 Å². The molecule has 6 heteroatoms. The maximum Gasteiger partial charge on any atom is 0.407 e. The van der Waals surface area contributed by atoms with Crippen LogP contribution in [0.5, 0.6) is 5.75 Å². The van der Waals surface area contributed by atoms with Crippen LogP contribution in [-0.2, 0) is 4.74 Å². The number of alkyl carbamates (subject to hydrolysis) is 1. The molecule has 1 aromatic rings. The Morgan fingerprint density at radius 2 is 2.16 bits per heavy atom. The van der Waals surface area contributed by atoms with Crippen LogP contribution in [0.3, 0.4) is 0 Å². The molecule has 1 unspecified atom stereocenters. The molecule has 1 fully saturated rings. The van der Waals surface area contributed by atoms with Crippen molar-refractivity contribution in [2.45, 2.75) is 52.2 Å². The zero-order chi connectivity index (χ0) is 18.4. The molecule has 140 valence electrons. The number of nitrogens with one attached hydrogen (secondary N) is 1. The second kappa shape index (κ2) is 8.90. The first kappa shape index (κ1) is 20.0. The molecular weight excluding hydrogens is 384 g/mol. The maximum absolute atomic E-state index is 11.8. The Balaban J connectivity index is 1.64. The summed E-state index contributed by atoms with van der Waals surface area (Å²) in [5.74, 6) is 0.939. The van der Waals surface area contributed by atoms with E-state index in [4.69, 9.17) is 9.47 Å². The number of carbonyl (C=O) groups is 1. The first-order valence-corrected chi connectivity index (χ1v) is 9.63. The van der Waals surface area contributed by atoms with Crippen molar-refractivity contribution in [1.82, 2.24) is 10.2 Å². The lowest BCUT2D eigenvalue weighted by Gasteiger charge is -2.22. The third-order valence-electron chi connectivity index (χ3n) is 4.01. The summed E-state index contributed by atoms with van der Waals surface area (Å²) in [6, 6.07) is 6.22. The SMILES string of the molecule is Cc1cc(Br)ccc1OCCCN1CCC(NC(=O)OC(C)(C)C)C1. The highest BCUT2D eigenvalue weighted by Gasteiger charge is 2.25. The van der Waals surface area contributed by atoms with E-state index < -0.39 is 5.60 Å². The Bertz CT molecular complexity index is 587. The van der Waals surface area contributed by atoms with Gasteiger partial charge in [-0.2, -0.15) is 0 Å². The molecule has 1 aromatic carbocycles. The van der Waals surface area contributed by atoms with Crippen LogP contribution in [0.4, 0.5) is 4.79 Å². The Labute approximate surface area is 159 Å². The first-order chi connectivity index (χ1) is 11.7. The van der Waals surface area contributed by atoms with Gasteiger partial charge in [-0.25, -0.2) is 4.79 Å². The number of hydrogen-bond acceptors (Lipinski definition) is 4. The molecule has 0 saturated carbocycles. The van der Waals surface area contributed by atoms with E-state index in [0.29, 0.717) is 6.61 Å². The molecule has 1 heterocycles. The second-order valence-corrected chi connectivity index (χ2v) is 8.46. The van der Waals surface area contributed by atoms with Crippen molar-refractivity contribution in [3.8, 4) is 5.75 Å². The van der Waals surface area contributed by atoms with Crippen molar-refractivity contribution in [2.24, 2.45) is 0 Å². The van der Waals surface area contributed by atoms with E-state index in [1.54, 1.807) is 0 Å². The fraction of sp³-hybridized carbons (Fsp3) is 0.632. The van der Waals surface area contributed by atoms with Crippen LogP contribution in [-0.4, -0.2) is 48.9 Å². The molecule has 1 aliphatic rings.